The fraction of sp³-hybridized carbons (Fsp3) is 0.762. The fourth-order valence-corrected chi connectivity index (χ4v) is 5.53. The zero-order valence-electron chi connectivity index (χ0n) is 24.6. The van der Waals surface area contributed by atoms with Gasteiger partial charge in [-0.15, -0.1) is 0 Å². The maximum atomic E-state index is 12.8. The quantitative estimate of drug-likeness (QED) is 0.105. The lowest BCUT2D eigenvalue weighted by molar-refractivity contribution is -0.332. The number of aliphatic imine (C=N–C) groups is 1. The van der Waals surface area contributed by atoms with E-state index in [2.05, 4.69) is 23.6 Å². The lowest BCUT2D eigenvalue weighted by Crippen LogP contribution is -2.66. The predicted octanol–water partition coefficient (Wildman–Crippen LogP) is -3.72. The molecule has 0 aliphatic carbocycles. The number of hydrogen-bond donors (Lipinski definition) is 2. The van der Waals surface area contributed by atoms with Crippen molar-refractivity contribution in [3.8, 4) is 0 Å². The molecule has 10 atom stereocenters. The van der Waals surface area contributed by atoms with E-state index in [9.17, 15) is 36.0 Å². The minimum absolute atomic E-state index is 0.0268. The van der Waals surface area contributed by atoms with E-state index in [1.54, 1.807) is 0 Å². The smallest absolute Gasteiger partial charge is 0.416 e. The number of rotatable bonds is 13. The van der Waals surface area contributed by atoms with Crippen molar-refractivity contribution < 1.29 is 90.8 Å². The van der Waals surface area contributed by atoms with Gasteiger partial charge >= 0.3 is 44.7 Å². The van der Waals surface area contributed by atoms with Crippen LogP contribution >= 0.6 is 0 Å². The highest BCUT2D eigenvalue weighted by atomic mass is 32.3. The summed E-state index contributed by atoms with van der Waals surface area (Å²) in [5, 5.41) is 0. The number of nitrogens with two attached hydrogens (primary N) is 2. The van der Waals surface area contributed by atoms with Gasteiger partial charge in [-0.3, -0.25) is 14.4 Å². The Morgan fingerprint density at radius 1 is 0.804 bits per heavy atom. The molecule has 3 rings (SSSR count). The molecule has 3 aliphatic heterocycles. The van der Waals surface area contributed by atoms with E-state index >= 15 is 0 Å². The van der Waals surface area contributed by atoms with Crippen molar-refractivity contribution in [1.29, 1.82) is 0 Å². The van der Waals surface area contributed by atoms with Gasteiger partial charge in [-0.1, -0.05) is 0 Å². The molecule has 2 fully saturated rings. The number of hydrogen-bond acceptors (Lipinski definition) is 23. The van der Waals surface area contributed by atoms with Gasteiger partial charge in [0.2, 0.25) is 6.29 Å². The first-order chi connectivity index (χ1) is 21.4. The number of ether oxygens (including phenoxy) is 8. The van der Waals surface area contributed by atoms with Gasteiger partial charge in [0, 0.05) is 27.7 Å². The molecular weight excluding hydrogens is 678 g/mol. The molecule has 0 saturated carbocycles. The molecule has 0 aromatic carbocycles. The summed E-state index contributed by atoms with van der Waals surface area (Å²) in [5.74, 6) is 5.33. The van der Waals surface area contributed by atoms with E-state index in [1.165, 1.54) is 6.92 Å². The van der Waals surface area contributed by atoms with Crippen molar-refractivity contribution in [2.75, 3.05) is 13.7 Å². The van der Waals surface area contributed by atoms with Crippen LogP contribution in [0.15, 0.2) is 4.99 Å². The topological polar surface area (TPSA) is 312 Å². The van der Waals surface area contributed by atoms with Crippen LogP contribution in [0.25, 0.3) is 0 Å². The molecule has 25 heteroatoms. The van der Waals surface area contributed by atoms with E-state index in [0.29, 0.717) is 0 Å². The summed E-state index contributed by atoms with van der Waals surface area (Å²) in [6, 6.07) is -1.35. The first-order valence-electron chi connectivity index (χ1n) is 12.8. The molecule has 0 bridgehead atoms. The van der Waals surface area contributed by atoms with Gasteiger partial charge in [-0.25, -0.2) is 18.2 Å². The van der Waals surface area contributed by atoms with Gasteiger partial charge in [0.15, 0.2) is 36.6 Å². The average Bonchev–Trinajstić information content (AvgIpc) is 3.34. The fourth-order valence-electron chi connectivity index (χ4n) is 4.62. The molecular formula is C21H31N3O20S2. The van der Waals surface area contributed by atoms with Crippen LogP contribution in [0.2, 0.25) is 0 Å². The van der Waals surface area contributed by atoms with E-state index < -0.39 is 113 Å². The molecule has 0 amide bonds. The van der Waals surface area contributed by atoms with Crippen molar-refractivity contribution in [3.63, 3.8) is 0 Å². The Bertz CT molecular complexity index is 1400. The Morgan fingerprint density at radius 2 is 1.37 bits per heavy atom. The molecule has 0 aromatic heterocycles. The molecule has 262 valence electrons. The monoisotopic (exact) mass is 709 g/mol. The molecule has 4 N–H and O–H groups in total. The largest absolute Gasteiger partial charge is 0.467 e. The molecule has 3 aliphatic rings. The minimum atomic E-state index is -5.10. The highest BCUT2D eigenvalue weighted by Gasteiger charge is 2.59. The van der Waals surface area contributed by atoms with Crippen molar-refractivity contribution >= 4 is 50.6 Å². The van der Waals surface area contributed by atoms with Crippen LogP contribution in [0.1, 0.15) is 27.7 Å². The second kappa shape index (κ2) is 15.2. The number of fused-ring (bicyclic) bond motifs is 1. The Labute approximate surface area is 261 Å². The van der Waals surface area contributed by atoms with Crippen molar-refractivity contribution in [1.82, 2.24) is 0 Å². The average molecular weight is 710 g/mol. The summed E-state index contributed by atoms with van der Waals surface area (Å²) in [5.41, 5.74) is 0. The van der Waals surface area contributed by atoms with E-state index in [4.69, 9.17) is 48.0 Å². The highest BCUT2D eigenvalue weighted by molar-refractivity contribution is 7.82. The van der Waals surface area contributed by atoms with Crippen molar-refractivity contribution in [3.05, 3.63) is 0 Å². The molecule has 0 spiro atoms. The normalized spacial score (nSPS) is 32.7. The molecule has 2 saturated heterocycles. The maximum Gasteiger partial charge on any atom is 0.416 e. The summed E-state index contributed by atoms with van der Waals surface area (Å²) < 4.78 is 109. The van der Waals surface area contributed by atoms with Gasteiger partial charge in [-0.05, 0) is 0 Å². The predicted molar refractivity (Wildman–Crippen MR) is 138 cm³/mol. The second-order valence-electron chi connectivity index (χ2n) is 9.42. The highest BCUT2D eigenvalue weighted by Crippen LogP contribution is 2.37. The zero-order valence-corrected chi connectivity index (χ0v) is 26.2. The Morgan fingerprint density at radius 3 is 1.91 bits per heavy atom. The summed E-state index contributed by atoms with van der Waals surface area (Å²) in [4.78, 5) is 53.3. The van der Waals surface area contributed by atoms with Gasteiger partial charge in [0.1, 0.15) is 24.4 Å². The third kappa shape index (κ3) is 9.25. The van der Waals surface area contributed by atoms with Crippen LogP contribution in [0.3, 0.4) is 0 Å². The molecule has 46 heavy (non-hydrogen) atoms. The number of carbonyl (C=O) groups excluding carboxylic acids is 4. The molecule has 0 aromatic rings. The van der Waals surface area contributed by atoms with Gasteiger partial charge < -0.3 is 37.9 Å². The van der Waals surface area contributed by atoms with Crippen LogP contribution in [0.4, 0.5) is 0 Å². The number of esters is 4. The number of methoxy groups -OCH3 is 1. The minimum Gasteiger partial charge on any atom is -0.467 e. The van der Waals surface area contributed by atoms with E-state index in [1.807, 2.05) is 0 Å². The summed E-state index contributed by atoms with van der Waals surface area (Å²) in [6.07, 6.45) is -16.3. The summed E-state index contributed by atoms with van der Waals surface area (Å²) >= 11 is 0. The van der Waals surface area contributed by atoms with E-state index in [0.717, 1.165) is 27.9 Å². The van der Waals surface area contributed by atoms with Crippen LogP contribution in [0.5, 0.6) is 0 Å². The van der Waals surface area contributed by atoms with Crippen molar-refractivity contribution in [2.45, 2.75) is 89.0 Å². The van der Waals surface area contributed by atoms with Crippen LogP contribution in [-0.4, -0.2) is 122 Å². The second-order valence-corrected chi connectivity index (χ2v) is 11.9. The van der Waals surface area contributed by atoms with Crippen LogP contribution in [0, 0.1) is 0 Å². The zero-order chi connectivity index (χ0) is 34.6. The third-order valence-electron chi connectivity index (χ3n) is 6.20. The first kappa shape index (κ1) is 37.3. The Kier molecular flexibility index (Phi) is 12.3. The standard InChI is InChI=1S/C21H31N3O20S2/c1-7-24-12-14(13(42-46(31,32)44-23)11(39-20(12)35-7)6-34-45(29,30)43-22)40-21-18(38-10(4)27)16(37-9(3)26)15(36-8(2)25)17(41-21)19(28)33-5/h11-18,20-21H,6,22-23H2,1-5H3/t11-,12-,13+,14-,15+,16+,17+,18-,20+,21-/m1/s1. The molecule has 3 heterocycles. The van der Waals surface area contributed by atoms with Crippen LogP contribution < -0.4 is 11.8 Å². The SMILES string of the molecule is COC(=O)[C@H]1O[C@@H](O[C@@H]2[C@H]3N=C(C)O[C@H]3O[C@H](COS(=O)(=O)ON)[C@@H]2OS(=O)(=O)ON)[C@H](OC(C)=O)[C@@H](OC(C)=O)[C@@H]1OC(C)=O. The lowest BCUT2D eigenvalue weighted by atomic mass is 9.95. The van der Waals surface area contributed by atoms with Gasteiger partial charge in [-0.2, -0.15) is 37.2 Å². The van der Waals surface area contributed by atoms with Gasteiger partial charge in [0.05, 0.1) is 13.7 Å². The maximum absolute atomic E-state index is 12.8. The van der Waals surface area contributed by atoms with Crippen LogP contribution in [-0.2, 0) is 94.8 Å². The molecule has 0 radical (unpaired) electrons. The molecule has 0 unspecified atom stereocenters. The number of carbonyl (C=O) groups is 4. The van der Waals surface area contributed by atoms with Crippen molar-refractivity contribution in [2.24, 2.45) is 16.8 Å². The van der Waals surface area contributed by atoms with Gasteiger partial charge in [0.25, 0.3) is 0 Å². The Hall–Kier alpha value is -3.11. The first-order valence-corrected chi connectivity index (χ1v) is 15.4. The summed E-state index contributed by atoms with van der Waals surface area (Å²) in [6.45, 7) is 3.19. The third-order valence-corrected chi connectivity index (χ3v) is 7.55. The summed E-state index contributed by atoms with van der Waals surface area (Å²) in [7, 11) is -8.99. The van der Waals surface area contributed by atoms with E-state index in [-0.39, 0.29) is 5.90 Å². The molecule has 23 nitrogen and oxygen atoms in total. The Balaban J connectivity index is 2.15. The number of nitrogens with zero attached hydrogens (tertiary/aromatic N) is 1. The lowest BCUT2D eigenvalue weighted by Gasteiger charge is -2.46.